The Kier molecular flexibility index (Phi) is 5.16. The summed E-state index contributed by atoms with van der Waals surface area (Å²) in [5, 5.41) is 15.3. The third-order valence-electron chi connectivity index (χ3n) is 2.61. The Hall–Kier alpha value is -2.05. The minimum Gasteiger partial charge on any atom is -0.481 e. The highest BCUT2D eigenvalue weighted by Crippen LogP contribution is 1.97. The number of nitrogens with zero attached hydrogens (tertiary/aromatic N) is 3. The van der Waals surface area contributed by atoms with Gasteiger partial charge in [-0.05, 0) is 13.0 Å². The first kappa shape index (κ1) is 14.0. The fourth-order valence-corrected chi connectivity index (χ4v) is 1.49. The van der Waals surface area contributed by atoms with Crippen LogP contribution in [0.4, 0.5) is 4.79 Å². The lowest BCUT2D eigenvalue weighted by Crippen LogP contribution is -2.40. The number of aromatic nitrogens is 2. The van der Waals surface area contributed by atoms with Gasteiger partial charge in [-0.1, -0.05) is 0 Å². The lowest BCUT2D eigenvalue weighted by Gasteiger charge is -2.20. The van der Waals surface area contributed by atoms with Crippen molar-refractivity contribution in [1.29, 1.82) is 0 Å². The Bertz CT molecular complexity index is 416. The molecule has 18 heavy (non-hydrogen) atoms. The van der Waals surface area contributed by atoms with Gasteiger partial charge in [0.2, 0.25) is 0 Å². The van der Waals surface area contributed by atoms with Crippen LogP contribution in [0, 0.1) is 0 Å². The summed E-state index contributed by atoms with van der Waals surface area (Å²) in [6.07, 6.45) is 1.61. The summed E-state index contributed by atoms with van der Waals surface area (Å²) in [6.45, 7) is 2.87. The molecule has 0 unspecified atom stereocenters. The Labute approximate surface area is 105 Å². The normalized spacial score (nSPS) is 10.1. The van der Waals surface area contributed by atoms with Crippen LogP contribution in [0.3, 0.4) is 0 Å². The van der Waals surface area contributed by atoms with Crippen LogP contribution in [-0.2, 0) is 18.4 Å². The number of rotatable bonds is 6. The van der Waals surface area contributed by atoms with E-state index in [1.54, 1.807) is 17.9 Å². The maximum atomic E-state index is 11.8. The molecule has 1 heterocycles. The van der Waals surface area contributed by atoms with Crippen molar-refractivity contribution in [3.8, 4) is 0 Å². The molecule has 0 aliphatic rings. The second-order valence-corrected chi connectivity index (χ2v) is 3.83. The van der Waals surface area contributed by atoms with Crippen LogP contribution < -0.4 is 5.32 Å². The number of aliphatic carboxylic acids is 1. The van der Waals surface area contributed by atoms with Gasteiger partial charge in [0.25, 0.3) is 0 Å². The van der Waals surface area contributed by atoms with Crippen LogP contribution in [-0.4, -0.2) is 44.9 Å². The lowest BCUT2D eigenvalue weighted by atomic mass is 10.4. The molecule has 100 valence electrons. The number of hydrogen-bond acceptors (Lipinski definition) is 3. The molecule has 7 heteroatoms. The van der Waals surface area contributed by atoms with E-state index in [1.807, 2.05) is 13.0 Å². The maximum Gasteiger partial charge on any atom is 0.317 e. The Morgan fingerprint density at radius 3 is 2.78 bits per heavy atom. The molecule has 0 aromatic carbocycles. The molecule has 1 aromatic heterocycles. The maximum absolute atomic E-state index is 11.8. The van der Waals surface area contributed by atoms with E-state index in [9.17, 15) is 9.59 Å². The minimum absolute atomic E-state index is 0.0486. The molecule has 0 aliphatic carbocycles. The number of carboxylic acid groups (broad SMARTS) is 1. The highest BCUT2D eigenvalue weighted by atomic mass is 16.4. The quantitative estimate of drug-likeness (QED) is 0.770. The smallest absolute Gasteiger partial charge is 0.317 e. The summed E-state index contributed by atoms with van der Waals surface area (Å²) in [6, 6.07) is 1.55. The number of aryl methyl sites for hydroxylation is 1. The molecule has 0 saturated heterocycles. The van der Waals surface area contributed by atoms with Crippen LogP contribution in [0.15, 0.2) is 12.3 Å². The zero-order chi connectivity index (χ0) is 13.5. The summed E-state index contributed by atoms with van der Waals surface area (Å²) in [5.41, 5.74) is 0.887. The summed E-state index contributed by atoms with van der Waals surface area (Å²) >= 11 is 0. The lowest BCUT2D eigenvalue weighted by molar-refractivity contribution is -0.137. The molecule has 1 rings (SSSR count). The number of carbonyl (C=O) groups is 2. The third-order valence-corrected chi connectivity index (χ3v) is 2.61. The van der Waals surface area contributed by atoms with E-state index >= 15 is 0 Å². The van der Waals surface area contributed by atoms with Gasteiger partial charge in [-0.25, -0.2) is 4.79 Å². The zero-order valence-electron chi connectivity index (χ0n) is 10.6. The average molecular weight is 254 g/mol. The van der Waals surface area contributed by atoms with Crippen molar-refractivity contribution in [3.05, 3.63) is 18.0 Å². The van der Waals surface area contributed by atoms with Crippen LogP contribution in [0.25, 0.3) is 0 Å². The molecule has 7 nitrogen and oxygen atoms in total. The van der Waals surface area contributed by atoms with Gasteiger partial charge in [0.05, 0.1) is 18.7 Å². The van der Waals surface area contributed by atoms with Crippen molar-refractivity contribution in [1.82, 2.24) is 20.0 Å². The van der Waals surface area contributed by atoms with E-state index < -0.39 is 5.97 Å². The van der Waals surface area contributed by atoms with Crippen molar-refractivity contribution in [2.45, 2.75) is 19.9 Å². The van der Waals surface area contributed by atoms with Crippen LogP contribution in [0.2, 0.25) is 0 Å². The molecule has 0 radical (unpaired) electrons. The predicted octanol–water partition coefficient (Wildman–Crippen LogP) is 0.426. The molecular weight excluding hydrogens is 236 g/mol. The van der Waals surface area contributed by atoms with Crippen molar-refractivity contribution < 1.29 is 14.7 Å². The van der Waals surface area contributed by atoms with E-state index in [1.165, 1.54) is 4.90 Å². The molecule has 0 bridgehead atoms. The van der Waals surface area contributed by atoms with Gasteiger partial charge in [-0.3, -0.25) is 9.48 Å². The highest BCUT2D eigenvalue weighted by Gasteiger charge is 2.12. The number of hydrogen-bond donors (Lipinski definition) is 2. The fourth-order valence-electron chi connectivity index (χ4n) is 1.49. The SMILES string of the molecule is CCN(CCC(=O)O)C(=O)NCc1ccnn1C. The van der Waals surface area contributed by atoms with Crippen LogP contribution in [0.1, 0.15) is 19.0 Å². The first-order chi connectivity index (χ1) is 8.54. The van der Waals surface area contributed by atoms with Gasteiger partial charge in [0.1, 0.15) is 0 Å². The highest BCUT2D eigenvalue weighted by molar-refractivity contribution is 5.75. The summed E-state index contributed by atoms with van der Waals surface area (Å²) in [4.78, 5) is 23.7. The van der Waals surface area contributed by atoms with Gasteiger partial charge in [0.15, 0.2) is 0 Å². The fraction of sp³-hybridized carbons (Fsp3) is 0.545. The molecule has 0 atom stereocenters. The molecule has 0 aliphatic heterocycles. The van der Waals surface area contributed by atoms with E-state index in [0.29, 0.717) is 13.1 Å². The molecule has 0 fully saturated rings. The molecule has 0 saturated carbocycles. The Morgan fingerprint density at radius 1 is 1.56 bits per heavy atom. The molecule has 0 spiro atoms. The minimum atomic E-state index is -0.909. The molecular formula is C11H18N4O3. The molecule has 2 N–H and O–H groups in total. The van der Waals surface area contributed by atoms with Gasteiger partial charge in [0, 0.05) is 26.3 Å². The summed E-state index contributed by atoms with van der Waals surface area (Å²) < 4.78 is 1.67. The van der Waals surface area contributed by atoms with Gasteiger partial charge >= 0.3 is 12.0 Å². The Morgan fingerprint density at radius 2 is 2.28 bits per heavy atom. The summed E-state index contributed by atoms with van der Waals surface area (Å²) in [7, 11) is 1.80. The first-order valence-corrected chi connectivity index (χ1v) is 5.76. The van der Waals surface area contributed by atoms with Crippen molar-refractivity contribution >= 4 is 12.0 Å². The van der Waals surface area contributed by atoms with E-state index in [-0.39, 0.29) is 19.0 Å². The first-order valence-electron chi connectivity index (χ1n) is 5.76. The van der Waals surface area contributed by atoms with E-state index in [2.05, 4.69) is 10.4 Å². The van der Waals surface area contributed by atoms with Crippen molar-refractivity contribution in [3.63, 3.8) is 0 Å². The van der Waals surface area contributed by atoms with Crippen LogP contribution >= 0.6 is 0 Å². The predicted molar refractivity (Wildman–Crippen MR) is 64.9 cm³/mol. The number of carbonyl (C=O) groups excluding carboxylic acids is 1. The second-order valence-electron chi connectivity index (χ2n) is 3.83. The average Bonchev–Trinajstić information content (AvgIpc) is 2.72. The van der Waals surface area contributed by atoms with Crippen molar-refractivity contribution in [2.24, 2.45) is 7.05 Å². The Balaban J connectivity index is 2.42. The van der Waals surface area contributed by atoms with Crippen LogP contribution in [0.5, 0.6) is 0 Å². The van der Waals surface area contributed by atoms with Gasteiger partial charge in [-0.15, -0.1) is 0 Å². The van der Waals surface area contributed by atoms with E-state index in [4.69, 9.17) is 5.11 Å². The van der Waals surface area contributed by atoms with Gasteiger partial charge in [-0.2, -0.15) is 5.10 Å². The topological polar surface area (TPSA) is 87.5 Å². The summed E-state index contributed by atoms with van der Waals surface area (Å²) in [5.74, 6) is -0.909. The number of carboxylic acids is 1. The molecule has 1 aromatic rings. The largest absolute Gasteiger partial charge is 0.481 e. The zero-order valence-corrected chi connectivity index (χ0v) is 10.6. The standard InChI is InChI=1S/C11H18N4O3/c1-3-15(7-5-10(16)17)11(18)12-8-9-4-6-13-14(9)2/h4,6H,3,5,7-8H2,1-2H3,(H,12,18)(H,16,17). The third kappa shape index (κ3) is 4.08. The second kappa shape index (κ2) is 6.63. The molecule has 2 amide bonds. The number of amides is 2. The number of nitrogens with one attached hydrogen (secondary N) is 1. The van der Waals surface area contributed by atoms with Gasteiger partial charge < -0.3 is 15.3 Å². The number of urea groups is 1. The van der Waals surface area contributed by atoms with E-state index in [0.717, 1.165) is 5.69 Å². The monoisotopic (exact) mass is 254 g/mol. The van der Waals surface area contributed by atoms with Crippen molar-refractivity contribution in [2.75, 3.05) is 13.1 Å².